The predicted octanol–water partition coefficient (Wildman–Crippen LogP) is 3.42. The highest BCUT2D eigenvalue weighted by Gasteiger charge is 2.21. The fourth-order valence-electron chi connectivity index (χ4n) is 2.70. The molecule has 0 heterocycles. The van der Waals surface area contributed by atoms with Crippen molar-refractivity contribution in [3.8, 4) is 0 Å². The molecule has 0 bridgehead atoms. The molecule has 5 heteroatoms. The van der Waals surface area contributed by atoms with Crippen LogP contribution in [0.4, 0.5) is 17.1 Å². The maximum absolute atomic E-state index is 11.0. The third-order valence-corrected chi connectivity index (χ3v) is 3.97. The van der Waals surface area contributed by atoms with E-state index in [0.29, 0.717) is 11.6 Å². The second-order valence-corrected chi connectivity index (χ2v) is 5.51. The normalized spacial score (nSPS) is 23.0. The van der Waals surface area contributed by atoms with Gasteiger partial charge in [-0.1, -0.05) is 25.8 Å². The van der Waals surface area contributed by atoms with Gasteiger partial charge in [0.2, 0.25) is 0 Å². The summed E-state index contributed by atoms with van der Waals surface area (Å²) in [5.74, 6) is 1.43. The molecule has 3 N–H and O–H groups in total. The van der Waals surface area contributed by atoms with E-state index in [1.165, 1.54) is 25.7 Å². The van der Waals surface area contributed by atoms with Crippen LogP contribution >= 0.6 is 0 Å². The van der Waals surface area contributed by atoms with Crippen molar-refractivity contribution in [1.29, 1.82) is 0 Å². The highest BCUT2D eigenvalue weighted by atomic mass is 16.6. The second kappa shape index (κ2) is 5.91. The molecule has 1 aliphatic rings. The van der Waals surface area contributed by atoms with Crippen LogP contribution in [0.15, 0.2) is 18.2 Å². The van der Waals surface area contributed by atoms with Crippen LogP contribution < -0.4 is 11.1 Å². The topological polar surface area (TPSA) is 81.2 Å². The van der Waals surface area contributed by atoms with Crippen LogP contribution in [0.25, 0.3) is 0 Å². The Morgan fingerprint density at radius 2 is 2.05 bits per heavy atom. The quantitative estimate of drug-likeness (QED) is 0.495. The van der Waals surface area contributed by atoms with E-state index in [0.717, 1.165) is 12.5 Å². The number of nitrogens with zero attached hydrogens (tertiary/aromatic N) is 1. The SMILES string of the molecule is CC1CCC(CNc2cccc(N)c2[N+](=O)[O-])CC1. The fraction of sp³-hybridized carbons (Fsp3) is 0.571. The minimum Gasteiger partial charge on any atom is -0.393 e. The van der Waals surface area contributed by atoms with Crippen molar-refractivity contribution in [2.75, 3.05) is 17.6 Å². The summed E-state index contributed by atoms with van der Waals surface area (Å²) in [4.78, 5) is 10.6. The van der Waals surface area contributed by atoms with Crippen molar-refractivity contribution in [2.24, 2.45) is 11.8 Å². The molecule has 0 amide bonds. The number of rotatable bonds is 4. The number of nitro benzene ring substituents is 1. The van der Waals surface area contributed by atoms with Crippen molar-refractivity contribution in [3.63, 3.8) is 0 Å². The van der Waals surface area contributed by atoms with Gasteiger partial charge in [-0.25, -0.2) is 0 Å². The molecule has 0 radical (unpaired) electrons. The fourth-order valence-corrected chi connectivity index (χ4v) is 2.70. The maximum Gasteiger partial charge on any atom is 0.314 e. The summed E-state index contributed by atoms with van der Waals surface area (Å²) in [5.41, 5.74) is 6.41. The molecule has 2 rings (SSSR count). The van der Waals surface area contributed by atoms with Crippen LogP contribution in [0, 0.1) is 22.0 Å². The summed E-state index contributed by atoms with van der Waals surface area (Å²) in [6, 6.07) is 5.03. The Morgan fingerprint density at radius 1 is 1.37 bits per heavy atom. The maximum atomic E-state index is 11.0. The van der Waals surface area contributed by atoms with Gasteiger partial charge in [-0.15, -0.1) is 0 Å². The molecule has 0 aliphatic heterocycles. The Balaban J connectivity index is 2.00. The number of nitro groups is 1. The van der Waals surface area contributed by atoms with Crippen molar-refractivity contribution in [1.82, 2.24) is 0 Å². The molecule has 0 spiro atoms. The van der Waals surface area contributed by atoms with E-state index >= 15 is 0 Å². The van der Waals surface area contributed by atoms with Crippen LogP contribution in [0.5, 0.6) is 0 Å². The molecule has 1 fully saturated rings. The average molecular weight is 263 g/mol. The molecule has 1 saturated carbocycles. The zero-order valence-electron chi connectivity index (χ0n) is 11.3. The van der Waals surface area contributed by atoms with Crippen LogP contribution in [-0.2, 0) is 0 Å². The molecular formula is C14H21N3O2. The van der Waals surface area contributed by atoms with Crippen LogP contribution in [-0.4, -0.2) is 11.5 Å². The summed E-state index contributed by atoms with van der Waals surface area (Å²) in [5, 5.41) is 14.2. The number of nitrogen functional groups attached to an aromatic ring is 1. The van der Waals surface area contributed by atoms with Gasteiger partial charge < -0.3 is 11.1 Å². The first-order valence-corrected chi connectivity index (χ1v) is 6.84. The first-order valence-electron chi connectivity index (χ1n) is 6.84. The molecule has 19 heavy (non-hydrogen) atoms. The van der Waals surface area contributed by atoms with Crippen LogP contribution in [0.1, 0.15) is 32.6 Å². The number of hydrogen-bond donors (Lipinski definition) is 2. The summed E-state index contributed by atoms with van der Waals surface area (Å²) in [6.07, 6.45) is 4.91. The van der Waals surface area contributed by atoms with E-state index in [1.807, 2.05) is 0 Å². The first kappa shape index (κ1) is 13.6. The largest absolute Gasteiger partial charge is 0.393 e. The van der Waals surface area contributed by atoms with E-state index in [9.17, 15) is 10.1 Å². The third kappa shape index (κ3) is 3.36. The molecule has 0 aromatic heterocycles. The zero-order chi connectivity index (χ0) is 13.8. The highest BCUT2D eigenvalue weighted by molar-refractivity contribution is 5.74. The molecular weight excluding hydrogens is 242 g/mol. The average Bonchev–Trinajstić information content (AvgIpc) is 2.37. The minimum absolute atomic E-state index is 0.00771. The summed E-state index contributed by atoms with van der Waals surface area (Å²) in [7, 11) is 0. The predicted molar refractivity (Wildman–Crippen MR) is 77.1 cm³/mol. The first-order chi connectivity index (χ1) is 9.08. The molecule has 0 atom stereocenters. The minimum atomic E-state index is -0.416. The Kier molecular flexibility index (Phi) is 4.24. The molecule has 1 aromatic rings. The zero-order valence-corrected chi connectivity index (χ0v) is 11.3. The summed E-state index contributed by atoms with van der Waals surface area (Å²) in [6.45, 7) is 3.07. The van der Waals surface area contributed by atoms with E-state index in [4.69, 9.17) is 5.73 Å². The van der Waals surface area contributed by atoms with Gasteiger partial charge in [-0.3, -0.25) is 10.1 Å². The van der Waals surface area contributed by atoms with Crippen LogP contribution in [0.3, 0.4) is 0 Å². The molecule has 0 saturated heterocycles. The van der Waals surface area contributed by atoms with Gasteiger partial charge in [0, 0.05) is 6.54 Å². The molecule has 0 unspecified atom stereocenters. The Bertz CT molecular complexity index is 454. The smallest absolute Gasteiger partial charge is 0.314 e. The van der Waals surface area contributed by atoms with E-state index in [-0.39, 0.29) is 11.4 Å². The van der Waals surface area contributed by atoms with Crippen molar-refractivity contribution in [3.05, 3.63) is 28.3 Å². The van der Waals surface area contributed by atoms with E-state index in [1.54, 1.807) is 18.2 Å². The summed E-state index contributed by atoms with van der Waals surface area (Å²) < 4.78 is 0. The lowest BCUT2D eigenvalue weighted by Crippen LogP contribution is -2.20. The molecule has 5 nitrogen and oxygen atoms in total. The van der Waals surface area contributed by atoms with Gasteiger partial charge in [0.25, 0.3) is 0 Å². The van der Waals surface area contributed by atoms with Gasteiger partial charge in [-0.05, 0) is 36.8 Å². The van der Waals surface area contributed by atoms with Gasteiger partial charge >= 0.3 is 5.69 Å². The number of nitrogens with two attached hydrogens (primary N) is 1. The van der Waals surface area contributed by atoms with Gasteiger partial charge in [-0.2, -0.15) is 0 Å². The van der Waals surface area contributed by atoms with E-state index < -0.39 is 4.92 Å². The number of para-hydroxylation sites is 1. The lowest BCUT2D eigenvalue weighted by Gasteiger charge is -2.26. The van der Waals surface area contributed by atoms with Gasteiger partial charge in [0.15, 0.2) is 0 Å². The monoisotopic (exact) mass is 263 g/mol. The number of benzene rings is 1. The number of hydrogen-bond acceptors (Lipinski definition) is 4. The summed E-state index contributed by atoms with van der Waals surface area (Å²) >= 11 is 0. The Labute approximate surface area is 113 Å². The lowest BCUT2D eigenvalue weighted by molar-refractivity contribution is -0.383. The molecule has 1 aliphatic carbocycles. The van der Waals surface area contributed by atoms with Crippen molar-refractivity contribution >= 4 is 17.1 Å². The van der Waals surface area contributed by atoms with Gasteiger partial charge in [0.1, 0.15) is 11.4 Å². The number of anilines is 2. The Morgan fingerprint density at radius 3 is 2.68 bits per heavy atom. The molecule has 104 valence electrons. The third-order valence-electron chi connectivity index (χ3n) is 3.97. The Hall–Kier alpha value is -1.78. The number of nitrogens with one attached hydrogen (secondary N) is 1. The second-order valence-electron chi connectivity index (χ2n) is 5.51. The van der Waals surface area contributed by atoms with Crippen LogP contribution in [0.2, 0.25) is 0 Å². The van der Waals surface area contributed by atoms with Gasteiger partial charge in [0.05, 0.1) is 4.92 Å². The van der Waals surface area contributed by atoms with E-state index in [2.05, 4.69) is 12.2 Å². The van der Waals surface area contributed by atoms with Crippen molar-refractivity contribution in [2.45, 2.75) is 32.6 Å². The standard InChI is InChI=1S/C14H21N3O2/c1-10-5-7-11(8-6-10)9-16-13-4-2-3-12(15)14(13)17(18)19/h2-4,10-11,16H,5-9,15H2,1H3. The highest BCUT2D eigenvalue weighted by Crippen LogP contribution is 2.32. The van der Waals surface area contributed by atoms with Crippen molar-refractivity contribution < 1.29 is 4.92 Å². The molecule has 1 aromatic carbocycles. The lowest BCUT2D eigenvalue weighted by atomic mass is 9.83.